The first-order chi connectivity index (χ1) is 9.88. The Bertz CT molecular complexity index is 591. The number of nitrogens with one attached hydrogen (secondary N) is 1. The van der Waals surface area contributed by atoms with Gasteiger partial charge in [-0.15, -0.1) is 0 Å². The smallest absolute Gasteiger partial charge is 0.242 e. The van der Waals surface area contributed by atoms with Crippen molar-refractivity contribution in [3.8, 4) is 0 Å². The van der Waals surface area contributed by atoms with Crippen molar-refractivity contribution in [3.63, 3.8) is 0 Å². The van der Waals surface area contributed by atoms with Crippen LogP contribution in [0.2, 0.25) is 5.02 Å². The Morgan fingerprint density at radius 1 is 1.38 bits per heavy atom. The van der Waals surface area contributed by atoms with Crippen LogP contribution < -0.4 is 10.5 Å². The van der Waals surface area contributed by atoms with E-state index in [1.54, 1.807) is 13.2 Å². The van der Waals surface area contributed by atoms with E-state index in [0.717, 1.165) is 19.3 Å². The summed E-state index contributed by atoms with van der Waals surface area (Å²) in [5, 5.41) is 0.104. The zero-order valence-electron chi connectivity index (χ0n) is 11.8. The Morgan fingerprint density at radius 2 is 2.10 bits per heavy atom. The zero-order chi connectivity index (χ0) is 15.9. The largest absolute Gasteiger partial charge is 0.389 e. The van der Waals surface area contributed by atoms with Gasteiger partial charge in [0.1, 0.15) is 9.88 Å². The normalized spacial score (nSPS) is 11.5. The molecule has 0 aromatic heterocycles. The maximum Gasteiger partial charge on any atom is 0.242 e. The second-order valence-corrected chi connectivity index (χ2v) is 7.04. The standard InChI is InChI=1S/C13H19ClN2O3S2/c1-19-8-4-2-3-7-16-21(17,18)12-6-5-10(13(15)20)9-11(12)14/h5-6,9,16H,2-4,7-8H2,1H3,(H2,15,20). The van der Waals surface area contributed by atoms with Crippen molar-refractivity contribution in [3.05, 3.63) is 28.8 Å². The van der Waals surface area contributed by atoms with Gasteiger partial charge in [-0.1, -0.05) is 29.9 Å². The van der Waals surface area contributed by atoms with Gasteiger partial charge in [-0.05, 0) is 31.4 Å². The summed E-state index contributed by atoms with van der Waals surface area (Å²) in [4.78, 5) is 0.202. The molecular weight excluding hydrogens is 332 g/mol. The van der Waals surface area contributed by atoms with E-state index in [2.05, 4.69) is 4.72 Å². The monoisotopic (exact) mass is 350 g/mol. The van der Waals surface area contributed by atoms with E-state index in [4.69, 9.17) is 34.3 Å². The maximum atomic E-state index is 12.1. The second kappa shape index (κ2) is 8.65. The molecule has 0 saturated carbocycles. The number of unbranched alkanes of at least 4 members (excludes halogenated alkanes) is 2. The summed E-state index contributed by atoms with van der Waals surface area (Å²) < 4.78 is 31.7. The number of thiocarbonyl (C=S) groups is 1. The minimum Gasteiger partial charge on any atom is -0.389 e. The lowest BCUT2D eigenvalue weighted by molar-refractivity contribution is 0.192. The van der Waals surface area contributed by atoms with E-state index in [-0.39, 0.29) is 14.9 Å². The highest BCUT2D eigenvalue weighted by Gasteiger charge is 2.17. The molecule has 0 aliphatic rings. The summed E-state index contributed by atoms with van der Waals surface area (Å²) in [6.07, 6.45) is 2.54. The Morgan fingerprint density at radius 3 is 2.67 bits per heavy atom. The molecule has 1 aromatic carbocycles. The highest BCUT2D eigenvalue weighted by molar-refractivity contribution is 7.89. The third-order valence-electron chi connectivity index (χ3n) is 2.82. The van der Waals surface area contributed by atoms with Crippen LogP contribution in [0, 0.1) is 0 Å². The first-order valence-corrected chi connectivity index (χ1v) is 8.73. The molecule has 5 nitrogen and oxygen atoms in total. The number of hydrogen-bond donors (Lipinski definition) is 2. The van der Waals surface area contributed by atoms with Crippen LogP contribution in [0.3, 0.4) is 0 Å². The van der Waals surface area contributed by atoms with Crippen molar-refractivity contribution in [2.45, 2.75) is 24.2 Å². The number of methoxy groups -OCH3 is 1. The SMILES string of the molecule is COCCCCCNS(=O)(=O)c1ccc(C(N)=S)cc1Cl. The van der Waals surface area contributed by atoms with Gasteiger partial charge in [-0.3, -0.25) is 0 Å². The number of nitrogens with two attached hydrogens (primary N) is 1. The third kappa shape index (κ3) is 5.88. The molecule has 0 fully saturated rings. The Hall–Kier alpha value is -0.730. The Labute approximate surface area is 135 Å². The molecular formula is C13H19ClN2O3S2. The van der Waals surface area contributed by atoms with Crippen LogP contribution in [0.25, 0.3) is 0 Å². The lowest BCUT2D eigenvalue weighted by Gasteiger charge is -2.09. The van der Waals surface area contributed by atoms with Crippen molar-refractivity contribution >= 4 is 38.8 Å². The zero-order valence-corrected chi connectivity index (χ0v) is 14.2. The molecule has 0 heterocycles. The van der Waals surface area contributed by atoms with Crippen molar-refractivity contribution in [2.24, 2.45) is 5.73 Å². The number of sulfonamides is 1. The van der Waals surface area contributed by atoms with Crippen LogP contribution in [-0.2, 0) is 14.8 Å². The van der Waals surface area contributed by atoms with Gasteiger partial charge < -0.3 is 10.5 Å². The molecule has 0 aliphatic heterocycles. The van der Waals surface area contributed by atoms with Gasteiger partial charge in [-0.25, -0.2) is 13.1 Å². The first kappa shape index (κ1) is 18.3. The summed E-state index contributed by atoms with van der Waals surface area (Å²) in [7, 11) is -1.98. The first-order valence-electron chi connectivity index (χ1n) is 6.46. The van der Waals surface area contributed by atoms with E-state index in [1.807, 2.05) is 0 Å². The van der Waals surface area contributed by atoms with Gasteiger partial charge in [0.2, 0.25) is 10.0 Å². The van der Waals surface area contributed by atoms with Gasteiger partial charge in [0.15, 0.2) is 0 Å². The van der Waals surface area contributed by atoms with E-state index in [0.29, 0.717) is 18.7 Å². The van der Waals surface area contributed by atoms with Gasteiger partial charge in [0.05, 0.1) is 5.02 Å². The number of halogens is 1. The topological polar surface area (TPSA) is 81.4 Å². The van der Waals surface area contributed by atoms with Crippen LogP contribution in [0.1, 0.15) is 24.8 Å². The highest BCUT2D eigenvalue weighted by Crippen LogP contribution is 2.22. The fourth-order valence-corrected chi connectivity index (χ4v) is 3.45. The molecule has 0 aliphatic carbocycles. The maximum absolute atomic E-state index is 12.1. The molecule has 0 atom stereocenters. The molecule has 0 amide bonds. The molecule has 0 bridgehead atoms. The third-order valence-corrected chi connectivity index (χ3v) is 5.00. The Kier molecular flexibility index (Phi) is 7.55. The van der Waals surface area contributed by atoms with Crippen LogP contribution in [0.15, 0.2) is 23.1 Å². The molecule has 0 spiro atoms. The number of rotatable bonds is 9. The minimum atomic E-state index is -3.62. The molecule has 1 aromatic rings. The molecule has 1 rings (SSSR count). The summed E-state index contributed by atoms with van der Waals surface area (Å²) in [5.74, 6) is 0. The summed E-state index contributed by atoms with van der Waals surface area (Å²) in [5.41, 5.74) is 6.01. The lowest BCUT2D eigenvalue weighted by atomic mass is 10.2. The predicted octanol–water partition coefficient (Wildman–Crippen LogP) is 2.07. The van der Waals surface area contributed by atoms with Crippen LogP contribution in [-0.4, -0.2) is 33.7 Å². The summed E-state index contributed by atoms with van der Waals surface area (Å²) in [6.45, 7) is 1.04. The highest BCUT2D eigenvalue weighted by atomic mass is 35.5. The molecule has 8 heteroatoms. The molecule has 0 unspecified atom stereocenters. The van der Waals surface area contributed by atoms with Crippen molar-refractivity contribution in [2.75, 3.05) is 20.3 Å². The average Bonchev–Trinajstić information content (AvgIpc) is 2.42. The quantitative estimate of drug-likeness (QED) is 0.526. The molecule has 0 saturated heterocycles. The van der Waals surface area contributed by atoms with E-state index in [9.17, 15) is 8.42 Å². The summed E-state index contributed by atoms with van der Waals surface area (Å²) in [6, 6.07) is 4.41. The Balaban J connectivity index is 2.64. The van der Waals surface area contributed by atoms with E-state index >= 15 is 0 Å². The lowest BCUT2D eigenvalue weighted by Crippen LogP contribution is -2.25. The fraction of sp³-hybridized carbons (Fsp3) is 0.462. The van der Waals surface area contributed by atoms with Gasteiger partial charge in [-0.2, -0.15) is 0 Å². The summed E-state index contributed by atoms with van der Waals surface area (Å²) >= 11 is 10.8. The van der Waals surface area contributed by atoms with Crippen molar-refractivity contribution < 1.29 is 13.2 Å². The van der Waals surface area contributed by atoms with Crippen LogP contribution in [0.5, 0.6) is 0 Å². The average molecular weight is 351 g/mol. The second-order valence-electron chi connectivity index (χ2n) is 4.46. The van der Waals surface area contributed by atoms with Gasteiger partial charge in [0, 0.05) is 25.8 Å². The van der Waals surface area contributed by atoms with Crippen molar-refractivity contribution in [1.82, 2.24) is 4.72 Å². The van der Waals surface area contributed by atoms with Gasteiger partial charge in [0.25, 0.3) is 0 Å². The molecule has 118 valence electrons. The molecule has 3 N–H and O–H groups in total. The number of ether oxygens (including phenoxy) is 1. The minimum absolute atomic E-state index is 0.0288. The number of hydrogen-bond acceptors (Lipinski definition) is 4. The molecule has 21 heavy (non-hydrogen) atoms. The van der Waals surface area contributed by atoms with Crippen molar-refractivity contribution in [1.29, 1.82) is 0 Å². The van der Waals surface area contributed by atoms with E-state index in [1.165, 1.54) is 12.1 Å². The van der Waals surface area contributed by atoms with Crippen LogP contribution in [0.4, 0.5) is 0 Å². The van der Waals surface area contributed by atoms with E-state index < -0.39 is 10.0 Å². The van der Waals surface area contributed by atoms with Gasteiger partial charge >= 0.3 is 0 Å². The predicted molar refractivity (Wildman–Crippen MR) is 88.3 cm³/mol. The molecule has 0 radical (unpaired) electrons. The fourth-order valence-electron chi connectivity index (χ4n) is 1.70. The van der Waals surface area contributed by atoms with Crippen LogP contribution >= 0.6 is 23.8 Å². The number of benzene rings is 1.